The molecule has 1 N–H and O–H groups in total. The second-order valence-corrected chi connectivity index (χ2v) is 6.12. The zero-order chi connectivity index (χ0) is 16.5. The lowest BCUT2D eigenvalue weighted by molar-refractivity contribution is 0.117. The third-order valence-electron chi connectivity index (χ3n) is 3.24. The highest BCUT2D eigenvalue weighted by Gasteiger charge is 2.03. The molecule has 2 aromatic rings. The van der Waals surface area contributed by atoms with E-state index in [-0.39, 0.29) is 5.82 Å². The molecule has 0 aliphatic carbocycles. The SMILES string of the molecule is CCCCCOCc1cc(F)ccc1C=NNc1nc(C)cs1. The first-order valence-corrected chi connectivity index (χ1v) is 8.64. The summed E-state index contributed by atoms with van der Waals surface area (Å²) >= 11 is 1.49. The van der Waals surface area contributed by atoms with E-state index in [4.69, 9.17) is 4.74 Å². The summed E-state index contributed by atoms with van der Waals surface area (Å²) < 4.78 is 19.1. The lowest BCUT2D eigenvalue weighted by Gasteiger charge is -2.07. The molecule has 0 aliphatic rings. The van der Waals surface area contributed by atoms with E-state index in [1.807, 2.05) is 12.3 Å². The molecule has 23 heavy (non-hydrogen) atoms. The monoisotopic (exact) mass is 335 g/mol. The van der Waals surface area contributed by atoms with Crippen LogP contribution in [0.5, 0.6) is 0 Å². The van der Waals surface area contributed by atoms with Gasteiger partial charge in [0.1, 0.15) is 5.82 Å². The van der Waals surface area contributed by atoms with Crippen molar-refractivity contribution in [1.29, 1.82) is 0 Å². The Kier molecular flexibility index (Phi) is 7.16. The van der Waals surface area contributed by atoms with Crippen molar-refractivity contribution in [2.75, 3.05) is 12.0 Å². The third kappa shape index (κ3) is 6.08. The van der Waals surface area contributed by atoms with Gasteiger partial charge in [0.25, 0.3) is 0 Å². The Morgan fingerprint density at radius 3 is 3.00 bits per heavy atom. The van der Waals surface area contributed by atoms with Crippen LogP contribution in [0.4, 0.5) is 9.52 Å². The van der Waals surface area contributed by atoms with Crippen molar-refractivity contribution < 1.29 is 9.13 Å². The van der Waals surface area contributed by atoms with Crippen molar-refractivity contribution in [3.8, 4) is 0 Å². The van der Waals surface area contributed by atoms with Crippen molar-refractivity contribution >= 4 is 22.7 Å². The van der Waals surface area contributed by atoms with Gasteiger partial charge in [-0.15, -0.1) is 11.3 Å². The fourth-order valence-electron chi connectivity index (χ4n) is 2.02. The maximum Gasteiger partial charge on any atom is 0.203 e. The molecule has 0 radical (unpaired) electrons. The van der Waals surface area contributed by atoms with E-state index in [0.717, 1.165) is 41.2 Å². The first-order chi connectivity index (χ1) is 11.2. The largest absolute Gasteiger partial charge is 0.377 e. The number of hydrazone groups is 1. The van der Waals surface area contributed by atoms with Crippen LogP contribution in [0.15, 0.2) is 28.7 Å². The van der Waals surface area contributed by atoms with Crippen molar-refractivity contribution in [1.82, 2.24) is 4.98 Å². The predicted octanol–water partition coefficient (Wildman–Crippen LogP) is 4.74. The van der Waals surface area contributed by atoms with Gasteiger partial charge in [-0.2, -0.15) is 5.10 Å². The molecule has 1 aromatic carbocycles. The molecule has 0 amide bonds. The smallest absolute Gasteiger partial charge is 0.203 e. The topological polar surface area (TPSA) is 46.5 Å². The quantitative estimate of drug-likeness (QED) is 0.409. The van der Waals surface area contributed by atoms with Gasteiger partial charge >= 0.3 is 0 Å². The Balaban J connectivity index is 1.94. The molecule has 124 valence electrons. The van der Waals surface area contributed by atoms with Gasteiger partial charge in [-0.1, -0.05) is 25.8 Å². The fraction of sp³-hybridized carbons (Fsp3) is 0.412. The van der Waals surface area contributed by atoms with Crippen LogP contribution in [0.3, 0.4) is 0 Å². The van der Waals surface area contributed by atoms with E-state index in [1.54, 1.807) is 12.3 Å². The minimum atomic E-state index is -0.266. The van der Waals surface area contributed by atoms with Gasteiger partial charge < -0.3 is 4.74 Å². The van der Waals surface area contributed by atoms with Gasteiger partial charge in [-0.3, -0.25) is 5.43 Å². The number of anilines is 1. The second-order valence-electron chi connectivity index (χ2n) is 5.27. The van der Waals surface area contributed by atoms with Gasteiger partial charge in [0.05, 0.1) is 18.5 Å². The number of ether oxygens (including phenoxy) is 1. The lowest BCUT2D eigenvalue weighted by Crippen LogP contribution is -2.01. The average Bonchev–Trinajstić information content (AvgIpc) is 2.94. The van der Waals surface area contributed by atoms with Gasteiger partial charge in [0.15, 0.2) is 0 Å². The van der Waals surface area contributed by atoms with Crippen LogP contribution < -0.4 is 5.43 Å². The molecule has 2 rings (SSSR count). The van der Waals surface area contributed by atoms with Gasteiger partial charge in [-0.25, -0.2) is 9.37 Å². The molecule has 0 saturated heterocycles. The molecule has 0 atom stereocenters. The second kappa shape index (κ2) is 9.37. The van der Waals surface area contributed by atoms with Crippen molar-refractivity contribution in [3.63, 3.8) is 0 Å². The van der Waals surface area contributed by atoms with Crippen LogP contribution in [0.1, 0.15) is 43.0 Å². The van der Waals surface area contributed by atoms with Crippen molar-refractivity contribution in [2.24, 2.45) is 5.10 Å². The number of benzene rings is 1. The summed E-state index contributed by atoms with van der Waals surface area (Å²) in [5.74, 6) is -0.266. The van der Waals surface area contributed by atoms with Crippen molar-refractivity contribution in [2.45, 2.75) is 39.7 Å². The zero-order valence-electron chi connectivity index (χ0n) is 13.5. The van der Waals surface area contributed by atoms with E-state index in [2.05, 4.69) is 22.4 Å². The van der Waals surface area contributed by atoms with Crippen LogP contribution in [-0.4, -0.2) is 17.8 Å². The zero-order valence-corrected chi connectivity index (χ0v) is 14.3. The normalized spacial score (nSPS) is 11.3. The summed E-state index contributed by atoms with van der Waals surface area (Å²) in [6, 6.07) is 4.63. The number of nitrogens with one attached hydrogen (secondary N) is 1. The number of halogens is 1. The molecule has 1 heterocycles. The number of unbranched alkanes of at least 4 members (excludes halogenated alkanes) is 2. The van der Waals surface area contributed by atoms with Gasteiger partial charge in [-0.05, 0) is 31.0 Å². The Hall–Kier alpha value is -1.79. The van der Waals surface area contributed by atoms with Crippen LogP contribution in [0, 0.1) is 12.7 Å². The van der Waals surface area contributed by atoms with Crippen LogP contribution in [0.25, 0.3) is 0 Å². The highest BCUT2D eigenvalue weighted by atomic mass is 32.1. The average molecular weight is 335 g/mol. The molecule has 0 fully saturated rings. The summed E-state index contributed by atoms with van der Waals surface area (Å²) in [6.45, 7) is 5.16. The van der Waals surface area contributed by atoms with Crippen LogP contribution in [0.2, 0.25) is 0 Å². The summed E-state index contributed by atoms with van der Waals surface area (Å²) in [5, 5.41) is 6.85. The van der Waals surface area contributed by atoms with Gasteiger partial charge in [0.2, 0.25) is 5.13 Å². The molecule has 0 spiro atoms. The van der Waals surface area contributed by atoms with E-state index in [9.17, 15) is 4.39 Å². The van der Waals surface area contributed by atoms with Crippen molar-refractivity contribution in [3.05, 3.63) is 46.2 Å². The van der Waals surface area contributed by atoms with E-state index in [0.29, 0.717) is 13.2 Å². The van der Waals surface area contributed by atoms with E-state index >= 15 is 0 Å². The summed E-state index contributed by atoms with van der Waals surface area (Å²) in [4.78, 5) is 4.27. The lowest BCUT2D eigenvalue weighted by atomic mass is 10.1. The molecule has 0 aliphatic heterocycles. The van der Waals surface area contributed by atoms with Crippen LogP contribution >= 0.6 is 11.3 Å². The van der Waals surface area contributed by atoms with E-state index in [1.165, 1.54) is 23.5 Å². The number of aryl methyl sites for hydroxylation is 1. The first kappa shape index (κ1) is 17.6. The number of aromatic nitrogens is 1. The molecule has 6 heteroatoms. The van der Waals surface area contributed by atoms with Gasteiger partial charge in [0, 0.05) is 17.6 Å². The number of hydrogen-bond acceptors (Lipinski definition) is 5. The first-order valence-electron chi connectivity index (χ1n) is 7.76. The highest BCUT2D eigenvalue weighted by Crippen LogP contribution is 2.15. The molecule has 0 saturated carbocycles. The minimum absolute atomic E-state index is 0.266. The third-order valence-corrected chi connectivity index (χ3v) is 4.10. The van der Waals surface area contributed by atoms with E-state index < -0.39 is 0 Å². The summed E-state index contributed by atoms with van der Waals surface area (Å²) in [7, 11) is 0. The maximum absolute atomic E-state index is 13.4. The highest BCUT2D eigenvalue weighted by molar-refractivity contribution is 7.13. The number of nitrogens with zero attached hydrogens (tertiary/aromatic N) is 2. The summed E-state index contributed by atoms with van der Waals surface area (Å²) in [6.07, 6.45) is 5.00. The number of hydrogen-bond donors (Lipinski definition) is 1. The summed E-state index contributed by atoms with van der Waals surface area (Å²) in [5.41, 5.74) is 5.47. The molecular formula is C17H22FN3OS. The standard InChI is InChI=1S/C17H22FN3OS/c1-3-4-5-8-22-11-15-9-16(18)7-6-14(15)10-19-21-17-20-13(2)12-23-17/h6-7,9-10,12H,3-5,8,11H2,1-2H3,(H,20,21). The molecule has 1 aromatic heterocycles. The van der Waals surface area contributed by atoms with Crippen LogP contribution in [-0.2, 0) is 11.3 Å². The Morgan fingerprint density at radius 1 is 1.39 bits per heavy atom. The fourth-order valence-corrected chi connectivity index (χ4v) is 2.66. The maximum atomic E-state index is 13.4. The minimum Gasteiger partial charge on any atom is -0.377 e. The number of rotatable bonds is 9. The molecular weight excluding hydrogens is 313 g/mol. The number of thiazole rings is 1. The molecule has 0 bridgehead atoms. The molecule has 0 unspecified atom stereocenters. The molecule has 4 nitrogen and oxygen atoms in total. The Labute approximate surface area is 140 Å². The Bertz CT molecular complexity index is 643. The Morgan fingerprint density at radius 2 is 2.26 bits per heavy atom. The predicted molar refractivity (Wildman–Crippen MR) is 93.6 cm³/mol.